The highest BCUT2D eigenvalue weighted by molar-refractivity contribution is 5.29. The van der Waals surface area contributed by atoms with Crippen molar-refractivity contribution in [2.75, 3.05) is 11.9 Å². The van der Waals surface area contributed by atoms with E-state index in [9.17, 15) is 13.2 Å². The summed E-state index contributed by atoms with van der Waals surface area (Å²) in [5, 5.41) is 10.8. The molecule has 0 aliphatic carbocycles. The first kappa shape index (κ1) is 11.2. The molecule has 0 saturated carbocycles. The largest absolute Gasteiger partial charge is 0.390 e. The van der Waals surface area contributed by atoms with Crippen molar-refractivity contribution >= 4 is 5.95 Å². The first-order valence-electron chi connectivity index (χ1n) is 4.04. The zero-order chi connectivity index (χ0) is 11.3. The first-order chi connectivity index (χ1) is 7.01. The number of rotatable bonds is 3. The van der Waals surface area contributed by atoms with Crippen molar-refractivity contribution < 1.29 is 13.2 Å². The predicted octanol–water partition coefficient (Wildman–Crippen LogP) is 1.71. The van der Waals surface area contributed by atoms with Crippen molar-refractivity contribution in [3.63, 3.8) is 0 Å². The van der Waals surface area contributed by atoms with E-state index in [0.717, 1.165) is 0 Å². The molecule has 0 fully saturated rings. The maximum Gasteiger partial charge on any atom is 0.390 e. The van der Waals surface area contributed by atoms with Gasteiger partial charge in [0.2, 0.25) is 5.95 Å². The van der Waals surface area contributed by atoms with Crippen molar-refractivity contribution in [1.29, 1.82) is 5.26 Å². The maximum atomic E-state index is 11.8. The smallest absolute Gasteiger partial charge is 0.354 e. The van der Waals surface area contributed by atoms with Gasteiger partial charge in [-0.05, 0) is 0 Å². The van der Waals surface area contributed by atoms with E-state index in [1.54, 1.807) is 6.07 Å². The molecule has 7 heteroatoms. The highest BCUT2D eigenvalue weighted by Gasteiger charge is 2.26. The molecular formula is C8H7F3N4. The molecule has 0 spiro atoms. The van der Waals surface area contributed by atoms with E-state index in [4.69, 9.17) is 5.26 Å². The molecule has 15 heavy (non-hydrogen) atoms. The third-order valence-electron chi connectivity index (χ3n) is 1.47. The van der Waals surface area contributed by atoms with Gasteiger partial charge in [0.15, 0.2) is 0 Å². The standard InChI is InChI=1S/C8H7F3N4/c9-8(10,11)1-2-13-7-14-4-6(3-12)5-15-7/h4-5H,1-2H2,(H,13,14,15). The zero-order valence-electron chi connectivity index (χ0n) is 7.54. The van der Waals surface area contributed by atoms with Crippen LogP contribution in [0.25, 0.3) is 0 Å². The molecule has 0 saturated heterocycles. The van der Waals surface area contributed by atoms with Crippen LogP contribution in [0.3, 0.4) is 0 Å². The monoisotopic (exact) mass is 216 g/mol. The van der Waals surface area contributed by atoms with E-state index in [1.165, 1.54) is 12.4 Å². The lowest BCUT2D eigenvalue weighted by Gasteiger charge is -2.06. The Morgan fingerprint density at radius 2 is 1.93 bits per heavy atom. The second kappa shape index (κ2) is 4.59. The van der Waals surface area contributed by atoms with E-state index in [0.29, 0.717) is 0 Å². The summed E-state index contributed by atoms with van der Waals surface area (Å²) in [4.78, 5) is 7.31. The Morgan fingerprint density at radius 3 is 2.40 bits per heavy atom. The number of hydrogen-bond donors (Lipinski definition) is 1. The van der Waals surface area contributed by atoms with E-state index >= 15 is 0 Å². The maximum absolute atomic E-state index is 11.8. The molecule has 0 aromatic carbocycles. The number of hydrogen-bond acceptors (Lipinski definition) is 4. The molecule has 1 heterocycles. The lowest BCUT2D eigenvalue weighted by Crippen LogP contribution is -2.15. The molecular weight excluding hydrogens is 209 g/mol. The Balaban J connectivity index is 2.42. The van der Waals surface area contributed by atoms with Crippen molar-refractivity contribution in [3.05, 3.63) is 18.0 Å². The highest BCUT2D eigenvalue weighted by Crippen LogP contribution is 2.18. The highest BCUT2D eigenvalue weighted by atomic mass is 19.4. The van der Waals surface area contributed by atoms with Crippen molar-refractivity contribution in [2.24, 2.45) is 0 Å². The molecule has 1 N–H and O–H groups in total. The summed E-state index contributed by atoms with van der Waals surface area (Å²) < 4.78 is 35.3. The van der Waals surface area contributed by atoms with Crippen LogP contribution in [0, 0.1) is 11.3 Å². The fourth-order valence-corrected chi connectivity index (χ4v) is 0.793. The third-order valence-corrected chi connectivity index (χ3v) is 1.47. The minimum Gasteiger partial charge on any atom is -0.354 e. The Bertz CT molecular complexity index is 352. The molecule has 0 aliphatic heterocycles. The molecule has 1 aromatic heterocycles. The number of anilines is 1. The number of aromatic nitrogens is 2. The summed E-state index contributed by atoms with van der Waals surface area (Å²) in [6.07, 6.45) is -2.66. The average molecular weight is 216 g/mol. The number of nitriles is 1. The summed E-state index contributed by atoms with van der Waals surface area (Å²) >= 11 is 0. The van der Waals surface area contributed by atoms with Crippen LogP contribution < -0.4 is 5.32 Å². The Kier molecular flexibility index (Phi) is 3.44. The summed E-state index contributed by atoms with van der Waals surface area (Å²) in [6.45, 7) is -0.282. The fraction of sp³-hybridized carbons (Fsp3) is 0.375. The van der Waals surface area contributed by atoms with Gasteiger partial charge in [-0.3, -0.25) is 0 Å². The van der Waals surface area contributed by atoms with E-state index < -0.39 is 12.6 Å². The van der Waals surface area contributed by atoms with E-state index in [2.05, 4.69) is 15.3 Å². The normalized spacial score (nSPS) is 10.8. The van der Waals surface area contributed by atoms with Crippen molar-refractivity contribution in [3.8, 4) is 6.07 Å². The van der Waals surface area contributed by atoms with Crippen LogP contribution in [-0.2, 0) is 0 Å². The Morgan fingerprint density at radius 1 is 1.33 bits per heavy atom. The van der Waals surface area contributed by atoms with Crippen LogP contribution >= 0.6 is 0 Å². The van der Waals surface area contributed by atoms with Crippen LogP contribution in [0.1, 0.15) is 12.0 Å². The molecule has 0 bridgehead atoms. The molecule has 1 rings (SSSR count). The van der Waals surface area contributed by atoms with Gasteiger partial charge in [0.05, 0.1) is 24.4 Å². The second-order valence-corrected chi connectivity index (χ2v) is 2.70. The number of alkyl halides is 3. The summed E-state index contributed by atoms with van der Waals surface area (Å²) in [5.74, 6) is 0.0817. The van der Waals surface area contributed by atoms with Crippen LogP contribution in [0.4, 0.5) is 19.1 Å². The first-order valence-corrected chi connectivity index (χ1v) is 4.04. The lowest BCUT2D eigenvalue weighted by atomic mass is 10.4. The summed E-state index contributed by atoms with van der Waals surface area (Å²) in [6, 6.07) is 1.80. The van der Waals surface area contributed by atoms with Gasteiger partial charge in [0.25, 0.3) is 0 Å². The molecule has 4 nitrogen and oxygen atoms in total. The SMILES string of the molecule is N#Cc1cnc(NCCC(F)(F)F)nc1. The molecule has 0 atom stereocenters. The van der Waals surface area contributed by atoms with Crippen LogP contribution in [-0.4, -0.2) is 22.7 Å². The van der Waals surface area contributed by atoms with Gasteiger partial charge in [-0.25, -0.2) is 9.97 Å². The molecule has 0 aliphatic rings. The third kappa shape index (κ3) is 4.26. The van der Waals surface area contributed by atoms with Gasteiger partial charge >= 0.3 is 6.18 Å². The van der Waals surface area contributed by atoms with Crippen molar-refractivity contribution in [2.45, 2.75) is 12.6 Å². The van der Waals surface area contributed by atoms with Gasteiger partial charge in [0, 0.05) is 6.54 Å². The minimum absolute atomic E-state index is 0.0817. The summed E-state index contributed by atoms with van der Waals surface area (Å²) in [7, 11) is 0. The van der Waals surface area contributed by atoms with E-state index in [-0.39, 0.29) is 18.1 Å². The quantitative estimate of drug-likeness (QED) is 0.835. The zero-order valence-corrected chi connectivity index (χ0v) is 7.54. The second-order valence-electron chi connectivity index (χ2n) is 2.70. The van der Waals surface area contributed by atoms with E-state index in [1.807, 2.05) is 0 Å². The van der Waals surface area contributed by atoms with Crippen LogP contribution in [0.2, 0.25) is 0 Å². The average Bonchev–Trinajstić information content (AvgIpc) is 2.17. The molecule has 1 aromatic rings. The number of nitrogens with zero attached hydrogens (tertiary/aromatic N) is 3. The van der Waals surface area contributed by atoms with Gasteiger partial charge in [-0.2, -0.15) is 18.4 Å². The predicted molar refractivity (Wildman–Crippen MR) is 45.9 cm³/mol. The molecule has 0 radical (unpaired) electrons. The summed E-state index contributed by atoms with van der Waals surface area (Å²) in [5.41, 5.74) is 0.261. The lowest BCUT2D eigenvalue weighted by molar-refractivity contribution is -0.131. The molecule has 80 valence electrons. The molecule has 0 amide bonds. The minimum atomic E-state index is -4.19. The van der Waals surface area contributed by atoms with Gasteiger partial charge < -0.3 is 5.32 Å². The van der Waals surface area contributed by atoms with Gasteiger partial charge in [-0.15, -0.1) is 0 Å². The number of halogens is 3. The van der Waals surface area contributed by atoms with Gasteiger partial charge in [0.1, 0.15) is 6.07 Å². The molecule has 0 unspecified atom stereocenters. The Hall–Kier alpha value is -1.84. The van der Waals surface area contributed by atoms with Crippen LogP contribution in [0.5, 0.6) is 0 Å². The number of nitrogens with one attached hydrogen (secondary N) is 1. The topological polar surface area (TPSA) is 61.6 Å². The fourth-order valence-electron chi connectivity index (χ4n) is 0.793. The van der Waals surface area contributed by atoms with Crippen molar-refractivity contribution in [1.82, 2.24) is 9.97 Å². The van der Waals surface area contributed by atoms with Crippen LogP contribution in [0.15, 0.2) is 12.4 Å². The van der Waals surface area contributed by atoms with Gasteiger partial charge in [-0.1, -0.05) is 0 Å². The Labute approximate surface area is 83.8 Å².